The van der Waals surface area contributed by atoms with Crippen molar-refractivity contribution >= 4 is 45.1 Å². The second-order valence-electron chi connectivity index (χ2n) is 4.21. The number of aryl methyl sites for hydroxylation is 1. The molecule has 0 spiro atoms. The van der Waals surface area contributed by atoms with Crippen LogP contribution in [0.25, 0.3) is 0 Å². The van der Waals surface area contributed by atoms with E-state index < -0.39 is 0 Å². The SMILES string of the molecule is CC(=O)Nc1nc(C)nc(NC(C)c2sccc2Br)n1. The van der Waals surface area contributed by atoms with Gasteiger partial charge in [-0.05, 0) is 41.2 Å². The number of halogens is 1. The Hall–Kier alpha value is -1.54. The first kappa shape index (κ1) is 14.9. The largest absolute Gasteiger partial charge is 0.347 e. The molecule has 20 heavy (non-hydrogen) atoms. The molecule has 0 saturated heterocycles. The summed E-state index contributed by atoms with van der Waals surface area (Å²) in [5.41, 5.74) is 0. The van der Waals surface area contributed by atoms with Gasteiger partial charge in [-0.2, -0.15) is 15.0 Å². The maximum atomic E-state index is 11.1. The van der Waals surface area contributed by atoms with Crippen molar-refractivity contribution in [3.05, 3.63) is 26.6 Å². The van der Waals surface area contributed by atoms with E-state index in [9.17, 15) is 4.79 Å². The van der Waals surface area contributed by atoms with Gasteiger partial charge in [0.1, 0.15) is 5.82 Å². The first-order valence-electron chi connectivity index (χ1n) is 5.95. The highest BCUT2D eigenvalue weighted by molar-refractivity contribution is 9.10. The highest BCUT2D eigenvalue weighted by atomic mass is 79.9. The summed E-state index contributed by atoms with van der Waals surface area (Å²) in [7, 11) is 0. The molecular weight excluding hydrogens is 342 g/mol. The van der Waals surface area contributed by atoms with Crippen LogP contribution in [0.15, 0.2) is 15.9 Å². The third-order valence-electron chi connectivity index (χ3n) is 2.42. The highest BCUT2D eigenvalue weighted by Crippen LogP contribution is 2.30. The Morgan fingerprint density at radius 3 is 2.65 bits per heavy atom. The zero-order chi connectivity index (χ0) is 14.7. The molecule has 0 fully saturated rings. The van der Waals surface area contributed by atoms with Crippen molar-refractivity contribution in [3.8, 4) is 0 Å². The molecule has 0 aliphatic heterocycles. The summed E-state index contributed by atoms with van der Waals surface area (Å²) in [6, 6.07) is 2.05. The van der Waals surface area contributed by atoms with Crippen LogP contribution < -0.4 is 10.6 Å². The van der Waals surface area contributed by atoms with Gasteiger partial charge in [-0.25, -0.2) is 0 Å². The smallest absolute Gasteiger partial charge is 0.234 e. The number of nitrogens with zero attached hydrogens (tertiary/aromatic N) is 3. The average Bonchev–Trinajstić information content (AvgIpc) is 2.73. The van der Waals surface area contributed by atoms with Gasteiger partial charge in [0.25, 0.3) is 0 Å². The summed E-state index contributed by atoms with van der Waals surface area (Å²) < 4.78 is 1.05. The lowest BCUT2D eigenvalue weighted by Gasteiger charge is -2.13. The van der Waals surface area contributed by atoms with Gasteiger partial charge in [0.2, 0.25) is 17.8 Å². The van der Waals surface area contributed by atoms with Crippen LogP contribution in [-0.2, 0) is 4.79 Å². The summed E-state index contributed by atoms with van der Waals surface area (Å²) in [5.74, 6) is 1.03. The number of aromatic nitrogens is 3. The van der Waals surface area contributed by atoms with Crippen LogP contribution in [0.5, 0.6) is 0 Å². The second kappa shape index (κ2) is 6.27. The first-order valence-corrected chi connectivity index (χ1v) is 7.62. The predicted octanol–water partition coefficient (Wildman–Crippen LogP) is 3.14. The zero-order valence-electron chi connectivity index (χ0n) is 11.3. The van der Waals surface area contributed by atoms with E-state index in [4.69, 9.17) is 0 Å². The maximum Gasteiger partial charge on any atom is 0.234 e. The number of amides is 1. The molecule has 0 aliphatic carbocycles. The van der Waals surface area contributed by atoms with Crippen molar-refractivity contribution in [1.29, 1.82) is 0 Å². The molecular formula is C12H14BrN5OS. The van der Waals surface area contributed by atoms with Crippen LogP contribution in [0, 0.1) is 6.92 Å². The second-order valence-corrected chi connectivity index (χ2v) is 6.01. The van der Waals surface area contributed by atoms with E-state index in [1.165, 1.54) is 6.92 Å². The molecule has 2 N–H and O–H groups in total. The van der Waals surface area contributed by atoms with Crippen molar-refractivity contribution in [3.63, 3.8) is 0 Å². The van der Waals surface area contributed by atoms with Crippen molar-refractivity contribution in [2.75, 3.05) is 10.6 Å². The normalized spacial score (nSPS) is 12.0. The van der Waals surface area contributed by atoms with Crippen molar-refractivity contribution in [2.45, 2.75) is 26.8 Å². The molecule has 0 bridgehead atoms. The summed E-state index contributed by atoms with van der Waals surface area (Å²) >= 11 is 5.15. The van der Waals surface area contributed by atoms with Gasteiger partial charge in [0.15, 0.2) is 0 Å². The van der Waals surface area contributed by atoms with Gasteiger partial charge in [0.05, 0.1) is 6.04 Å². The fourth-order valence-corrected chi connectivity index (χ4v) is 3.36. The van der Waals surface area contributed by atoms with E-state index in [1.54, 1.807) is 18.3 Å². The number of hydrogen-bond acceptors (Lipinski definition) is 6. The van der Waals surface area contributed by atoms with Crippen molar-refractivity contribution < 1.29 is 4.79 Å². The molecule has 0 saturated carbocycles. The van der Waals surface area contributed by atoms with Gasteiger partial charge in [-0.1, -0.05) is 0 Å². The molecule has 2 aromatic rings. The first-order chi connectivity index (χ1) is 9.45. The maximum absolute atomic E-state index is 11.1. The van der Waals surface area contributed by atoms with Crippen LogP contribution in [0.1, 0.15) is 30.6 Å². The zero-order valence-corrected chi connectivity index (χ0v) is 13.7. The number of hydrogen-bond donors (Lipinski definition) is 2. The molecule has 1 amide bonds. The highest BCUT2D eigenvalue weighted by Gasteiger charge is 2.13. The monoisotopic (exact) mass is 355 g/mol. The fourth-order valence-electron chi connectivity index (χ4n) is 1.63. The summed E-state index contributed by atoms with van der Waals surface area (Å²) in [6.45, 7) is 5.19. The summed E-state index contributed by atoms with van der Waals surface area (Å²) in [4.78, 5) is 24.7. The Balaban J connectivity index is 2.18. The molecule has 0 aliphatic rings. The van der Waals surface area contributed by atoms with Crippen LogP contribution in [0.3, 0.4) is 0 Å². The minimum Gasteiger partial charge on any atom is -0.347 e. The van der Waals surface area contributed by atoms with E-state index in [0.29, 0.717) is 11.8 Å². The third-order valence-corrected chi connectivity index (χ3v) is 4.47. The molecule has 1 unspecified atom stereocenters. The Labute approximate surface area is 129 Å². The minimum absolute atomic E-state index is 0.0522. The van der Waals surface area contributed by atoms with E-state index >= 15 is 0 Å². The fraction of sp³-hybridized carbons (Fsp3) is 0.333. The molecule has 2 heterocycles. The van der Waals surface area contributed by atoms with Crippen molar-refractivity contribution in [2.24, 2.45) is 0 Å². The lowest BCUT2D eigenvalue weighted by molar-refractivity contribution is -0.114. The van der Waals surface area contributed by atoms with E-state index in [2.05, 4.69) is 41.5 Å². The molecule has 2 aromatic heterocycles. The van der Waals surface area contributed by atoms with Crippen LogP contribution >= 0.6 is 27.3 Å². The lowest BCUT2D eigenvalue weighted by atomic mass is 10.3. The van der Waals surface area contributed by atoms with Gasteiger partial charge in [-0.3, -0.25) is 10.1 Å². The van der Waals surface area contributed by atoms with E-state index in [-0.39, 0.29) is 17.9 Å². The number of thiophene rings is 1. The molecule has 0 radical (unpaired) electrons. The van der Waals surface area contributed by atoms with Crippen molar-refractivity contribution in [1.82, 2.24) is 15.0 Å². The van der Waals surface area contributed by atoms with Crippen LogP contribution in [0.2, 0.25) is 0 Å². The average molecular weight is 356 g/mol. The Morgan fingerprint density at radius 2 is 2.05 bits per heavy atom. The molecule has 1 atom stereocenters. The number of anilines is 2. The third kappa shape index (κ3) is 3.73. The molecule has 8 heteroatoms. The Kier molecular flexibility index (Phi) is 4.66. The lowest BCUT2D eigenvalue weighted by Crippen LogP contribution is -2.14. The number of carbonyl (C=O) groups excluding carboxylic acids is 1. The number of rotatable bonds is 4. The van der Waals surface area contributed by atoms with Crippen LogP contribution in [0.4, 0.5) is 11.9 Å². The molecule has 106 valence electrons. The van der Waals surface area contributed by atoms with E-state index in [1.807, 2.05) is 18.4 Å². The topological polar surface area (TPSA) is 79.8 Å². The summed E-state index contributed by atoms with van der Waals surface area (Å²) in [5, 5.41) is 7.78. The van der Waals surface area contributed by atoms with Gasteiger partial charge in [-0.15, -0.1) is 11.3 Å². The summed E-state index contributed by atoms with van der Waals surface area (Å²) in [6.07, 6.45) is 0. The Bertz CT molecular complexity index is 630. The Morgan fingerprint density at radius 1 is 1.35 bits per heavy atom. The number of carbonyl (C=O) groups is 1. The molecule has 0 aromatic carbocycles. The molecule has 2 rings (SSSR count). The molecule has 6 nitrogen and oxygen atoms in total. The van der Waals surface area contributed by atoms with Crippen LogP contribution in [-0.4, -0.2) is 20.9 Å². The standard InChI is InChI=1S/C12H14BrN5OS/c1-6(10-9(13)4-5-20-10)14-11-15-7(2)16-12(18-11)17-8(3)19/h4-6H,1-3H3,(H2,14,15,16,17,18,19). The predicted molar refractivity (Wildman–Crippen MR) is 82.9 cm³/mol. The quantitative estimate of drug-likeness (QED) is 0.880. The van der Waals surface area contributed by atoms with Gasteiger partial charge in [0, 0.05) is 16.3 Å². The van der Waals surface area contributed by atoms with E-state index in [0.717, 1.165) is 9.35 Å². The van der Waals surface area contributed by atoms with Gasteiger partial charge >= 0.3 is 0 Å². The van der Waals surface area contributed by atoms with Gasteiger partial charge < -0.3 is 5.32 Å². The number of nitrogens with one attached hydrogen (secondary N) is 2. The minimum atomic E-state index is -0.212.